The molecule has 5 rings (SSSR count). The second kappa shape index (κ2) is 9.72. The number of piperidine rings is 1. The van der Waals surface area contributed by atoms with Gasteiger partial charge in [-0.1, -0.05) is 0 Å². The fourth-order valence-corrected chi connectivity index (χ4v) is 4.89. The predicted molar refractivity (Wildman–Crippen MR) is 131 cm³/mol. The van der Waals surface area contributed by atoms with Gasteiger partial charge in [0.1, 0.15) is 17.3 Å². The molecule has 0 aliphatic carbocycles. The van der Waals surface area contributed by atoms with E-state index in [4.69, 9.17) is 4.74 Å². The van der Waals surface area contributed by atoms with Crippen molar-refractivity contribution in [2.75, 3.05) is 38.5 Å². The van der Waals surface area contributed by atoms with E-state index in [1.807, 2.05) is 29.2 Å². The van der Waals surface area contributed by atoms with Gasteiger partial charge in [-0.25, -0.2) is 14.6 Å². The van der Waals surface area contributed by atoms with E-state index >= 15 is 0 Å². The SMILES string of the molecule is CNC(=O)n1ccc2cc(Oc3ccnc(NC(=O)N4CCC(N5CCCC5)CC4)c3)ccc21. The first-order valence-electron chi connectivity index (χ1n) is 11.9. The Bertz CT molecular complexity index is 1180. The van der Waals surface area contributed by atoms with Gasteiger partial charge in [0.15, 0.2) is 0 Å². The lowest BCUT2D eigenvalue weighted by Gasteiger charge is -2.36. The zero-order valence-corrected chi connectivity index (χ0v) is 19.4. The van der Waals surface area contributed by atoms with Crippen LogP contribution in [0.4, 0.5) is 15.4 Å². The Balaban J connectivity index is 1.20. The lowest BCUT2D eigenvalue weighted by atomic mass is 10.0. The molecule has 2 fully saturated rings. The van der Waals surface area contributed by atoms with Gasteiger partial charge in [0.05, 0.1) is 5.52 Å². The Morgan fingerprint density at radius 3 is 2.50 bits per heavy atom. The number of nitrogens with zero attached hydrogens (tertiary/aromatic N) is 4. The second-order valence-electron chi connectivity index (χ2n) is 8.83. The summed E-state index contributed by atoms with van der Waals surface area (Å²) in [5.74, 6) is 1.66. The third-order valence-electron chi connectivity index (χ3n) is 6.71. The van der Waals surface area contributed by atoms with Crippen LogP contribution in [0.2, 0.25) is 0 Å². The third kappa shape index (κ3) is 4.70. The molecule has 2 N–H and O–H groups in total. The number of aromatic nitrogens is 2. The normalized spacial score (nSPS) is 17.1. The molecule has 0 radical (unpaired) electrons. The van der Waals surface area contributed by atoms with Crippen LogP contribution in [0.25, 0.3) is 10.9 Å². The third-order valence-corrected chi connectivity index (χ3v) is 6.71. The number of pyridine rings is 1. The van der Waals surface area contributed by atoms with Crippen LogP contribution in [0.15, 0.2) is 48.8 Å². The van der Waals surface area contributed by atoms with Crippen molar-refractivity contribution in [3.8, 4) is 11.5 Å². The van der Waals surface area contributed by atoms with Crippen molar-refractivity contribution in [3.05, 3.63) is 48.8 Å². The molecule has 2 aliphatic heterocycles. The van der Waals surface area contributed by atoms with Crippen LogP contribution in [0.3, 0.4) is 0 Å². The van der Waals surface area contributed by atoms with Crippen molar-refractivity contribution in [2.45, 2.75) is 31.7 Å². The number of fused-ring (bicyclic) bond motifs is 1. The summed E-state index contributed by atoms with van der Waals surface area (Å²) in [4.78, 5) is 33.5. The molecule has 2 saturated heterocycles. The highest BCUT2D eigenvalue weighted by Crippen LogP contribution is 2.28. The van der Waals surface area contributed by atoms with Gasteiger partial charge in [0.2, 0.25) is 0 Å². The molecule has 4 heterocycles. The number of hydrogen-bond acceptors (Lipinski definition) is 5. The summed E-state index contributed by atoms with van der Waals surface area (Å²) in [5, 5.41) is 6.42. The zero-order valence-electron chi connectivity index (χ0n) is 19.4. The number of benzene rings is 1. The second-order valence-corrected chi connectivity index (χ2v) is 8.83. The predicted octanol–water partition coefficient (Wildman–Crippen LogP) is 4.11. The molecule has 178 valence electrons. The quantitative estimate of drug-likeness (QED) is 0.609. The Morgan fingerprint density at radius 1 is 0.971 bits per heavy atom. The number of hydrogen-bond donors (Lipinski definition) is 2. The number of anilines is 1. The number of carbonyl (C=O) groups is 2. The Labute approximate surface area is 198 Å². The number of rotatable bonds is 4. The van der Waals surface area contributed by atoms with Gasteiger partial charge in [-0.05, 0) is 69.1 Å². The van der Waals surface area contributed by atoms with E-state index in [9.17, 15) is 9.59 Å². The Hall–Kier alpha value is -3.59. The van der Waals surface area contributed by atoms with E-state index < -0.39 is 0 Å². The van der Waals surface area contributed by atoms with Gasteiger partial charge in [0, 0.05) is 50.0 Å². The highest BCUT2D eigenvalue weighted by Gasteiger charge is 2.28. The van der Waals surface area contributed by atoms with E-state index in [0.29, 0.717) is 23.4 Å². The first kappa shape index (κ1) is 22.2. The summed E-state index contributed by atoms with van der Waals surface area (Å²) in [5.41, 5.74) is 0.794. The van der Waals surface area contributed by atoms with Gasteiger partial charge in [0.25, 0.3) is 0 Å². The van der Waals surface area contributed by atoms with Crippen molar-refractivity contribution in [2.24, 2.45) is 0 Å². The highest BCUT2D eigenvalue weighted by atomic mass is 16.5. The molecule has 0 bridgehead atoms. The Morgan fingerprint density at radius 2 is 1.74 bits per heavy atom. The van der Waals surface area contributed by atoms with Crippen LogP contribution < -0.4 is 15.4 Å². The van der Waals surface area contributed by atoms with Gasteiger partial charge >= 0.3 is 12.1 Å². The lowest BCUT2D eigenvalue weighted by molar-refractivity contribution is 0.140. The molecule has 1 aromatic carbocycles. The first-order chi connectivity index (χ1) is 16.6. The number of ether oxygens (including phenoxy) is 1. The van der Waals surface area contributed by atoms with Crippen molar-refractivity contribution >= 4 is 28.8 Å². The van der Waals surface area contributed by atoms with E-state index in [-0.39, 0.29) is 12.1 Å². The van der Waals surface area contributed by atoms with Crippen LogP contribution in [-0.2, 0) is 0 Å². The van der Waals surface area contributed by atoms with Gasteiger partial charge in [-0.2, -0.15) is 0 Å². The molecule has 3 aromatic rings. The van der Waals surface area contributed by atoms with Crippen molar-refractivity contribution in [1.82, 2.24) is 24.7 Å². The molecule has 0 saturated carbocycles. The summed E-state index contributed by atoms with van der Waals surface area (Å²) < 4.78 is 7.55. The van der Waals surface area contributed by atoms with Crippen LogP contribution in [0.1, 0.15) is 25.7 Å². The average molecular weight is 463 g/mol. The molecule has 2 aromatic heterocycles. The summed E-state index contributed by atoms with van der Waals surface area (Å²) in [6, 6.07) is 11.1. The maximum Gasteiger partial charge on any atom is 0.325 e. The summed E-state index contributed by atoms with van der Waals surface area (Å²) in [6.45, 7) is 3.92. The first-order valence-corrected chi connectivity index (χ1v) is 11.9. The van der Waals surface area contributed by atoms with E-state index in [1.54, 1.807) is 36.1 Å². The lowest BCUT2D eigenvalue weighted by Crippen LogP contribution is -2.47. The molecule has 9 heteroatoms. The maximum absolute atomic E-state index is 12.8. The largest absolute Gasteiger partial charge is 0.457 e. The Kier molecular flexibility index (Phi) is 6.35. The fourth-order valence-electron chi connectivity index (χ4n) is 4.89. The number of amides is 3. The minimum absolute atomic E-state index is 0.124. The average Bonchev–Trinajstić information content (AvgIpc) is 3.54. The van der Waals surface area contributed by atoms with E-state index in [0.717, 1.165) is 36.8 Å². The topological polar surface area (TPSA) is 91.7 Å². The standard InChI is InChI=1S/C25H30N6O3/c1-26-24(32)31-15-7-18-16-20(4-5-22(18)31)34-21-6-10-27-23(17-21)28-25(33)30-13-8-19(9-14-30)29-11-2-3-12-29/h4-7,10,15-17,19H,2-3,8-9,11-14H2,1H3,(H,26,32)(H,27,28,33). The monoisotopic (exact) mass is 462 g/mol. The summed E-state index contributed by atoms with van der Waals surface area (Å²) in [7, 11) is 1.60. The molecule has 3 amide bonds. The minimum atomic E-state index is -0.196. The molecule has 0 unspecified atom stereocenters. The number of likely N-dealkylation sites (tertiary alicyclic amines) is 2. The van der Waals surface area contributed by atoms with Crippen LogP contribution in [-0.4, -0.2) is 70.7 Å². The minimum Gasteiger partial charge on any atom is -0.457 e. The van der Waals surface area contributed by atoms with Crippen LogP contribution in [0, 0.1) is 0 Å². The molecule has 34 heavy (non-hydrogen) atoms. The summed E-state index contributed by atoms with van der Waals surface area (Å²) in [6.07, 6.45) is 7.97. The smallest absolute Gasteiger partial charge is 0.325 e. The molecular formula is C25H30N6O3. The highest BCUT2D eigenvalue weighted by molar-refractivity contribution is 5.92. The van der Waals surface area contributed by atoms with Crippen molar-refractivity contribution < 1.29 is 14.3 Å². The van der Waals surface area contributed by atoms with Gasteiger partial charge < -0.3 is 19.9 Å². The number of nitrogens with one attached hydrogen (secondary N) is 2. The molecule has 2 aliphatic rings. The van der Waals surface area contributed by atoms with Crippen molar-refractivity contribution in [1.29, 1.82) is 0 Å². The van der Waals surface area contributed by atoms with Crippen LogP contribution >= 0.6 is 0 Å². The molecule has 9 nitrogen and oxygen atoms in total. The van der Waals surface area contributed by atoms with Crippen LogP contribution in [0.5, 0.6) is 11.5 Å². The van der Waals surface area contributed by atoms with E-state index in [1.165, 1.54) is 25.9 Å². The van der Waals surface area contributed by atoms with Crippen molar-refractivity contribution in [3.63, 3.8) is 0 Å². The summed E-state index contributed by atoms with van der Waals surface area (Å²) >= 11 is 0. The van der Waals surface area contributed by atoms with Gasteiger partial charge in [-0.15, -0.1) is 0 Å². The fraction of sp³-hybridized carbons (Fsp3) is 0.400. The number of urea groups is 1. The molecule has 0 atom stereocenters. The zero-order chi connectivity index (χ0) is 23.5. The maximum atomic E-state index is 12.8. The molecule has 0 spiro atoms. The van der Waals surface area contributed by atoms with E-state index in [2.05, 4.69) is 20.5 Å². The molecular weight excluding hydrogens is 432 g/mol. The van der Waals surface area contributed by atoms with Gasteiger partial charge in [-0.3, -0.25) is 9.88 Å². The number of carbonyl (C=O) groups excluding carboxylic acids is 2.